The Balaban J connectivity index is 1.78. The van der Waals surface area contributed by atoms with Crippen LogP contribution in [-0.2, 0) is 9.53 Å². The number of hydrogen-bond acceptors (Lipinski definition) is 3. The minimum atomic E-state index is -0.111. The fraction of sp³-hybridized carbons (Fsp3) is 0.529. The van der Waals surface area contributed by atoms with E-state index in [1.807, 2.05) is 19.1 Å². The second-order valence-electron chi connectivity index (χ2n) is 5.72. The van der Waals surface area contributed by atoms with Gasteiger partial charge in [0.1, 0.15) is 0 Å². The van der Waals surface area contributed by atoms with Crippen LogP contribution < -0.4 is 5.32 Å². The van der Waals surface area contributed by atoms with E-state index in [0.717, 1.165) is 25.0 Å². The van der Waals surface area contributed by atoms with E-state index in [2.05, 4.69) is 5.32 Å². The van der Waals surface area contributed by atoms with Crippen LogP contribution in [0.2, 0.25) is 0 Å². The summed E-state index contributed by atoms with van der Waals surface area (Å²) in [5.74, 6) is -0.0966. The summed E-state index contributed by atoms with van der Waals surface area (Å²) in [6.07, 6.45) is 2.19. The van der Waals surface area contributed by atoms with E-state index >= 15 is 0 Å². The van der Waals surface area contributed by atoms with Gasteiger partial charge in [-0.1, -0.05) is 17.7 Å². The molecule has 5 nitrogen and oxygen atoms in total. The molecule has 1 fully saturated rings. The number of amides is 2. The third-order valence-electron chi connectivity index (χ3n) is 3.87. The predicted octanol–water partition coefficient (Wildman–Crippen LogP) is 1.75. The van der Waals surface area contributed by atoms with Crippen molar-refractivity contribution in [2.45, 2.75) is 32.8 Å². The van der Waals surface area contributed by atoms with Crippen molar-refractivity contribution >= 4 is 11.8 Å². The Morgan fingerprint density at radius 1 is 1.32 bits per heavy atom. The first-order valence-corrected chi connectivity index (χ1v) is 7.78. The van der Waals surface area contributed by atoms with E-state index in [1.54, 1.807) is 24.0 Å². The van der Waals surface area contributed by atoms with E-state index in [4.69, 9.17) is 4.74 Å². The highest BCUT2D eigenvalue weighted by Gasteiger charge is 2.20. The fourth-order valence-electron chi connectivity index (χ4n) is 2.52. The lowest BCUT2D eigenvalue weighted by molar-refractivity contribution is -0.130. The summed E-state index contributed by atoms with van der Waals surface area (Å²) in [4.78, 5) is 25.4. The molecule has 1 saturated heterocycles. The number of benzene rings is 1. The Kier molecular flexibility index (Phi) is 5.95. The third-order valence-corrected chi connectivity index (χ3v) is 3.87. The summed E-state index contributed by atoms with van der Waals surface area (Å²) in [5.41, 5.74) is 1.76. The van der Waals surface area contributed by atoms with E-state index in [0.29, 0.717) is 25.2 Å². The Bertz CT molecular complexity index is 507. The quantitative estimate of drug-likeness (QED) is 0.871. The Labute approximate surface area is 131 Å². The number of nitrogens with one attached hydrogen (secondary N) is 1. The molecule has 2 rings (SSSR count). The monoisotopic (exact) mass is 304 g/mol. The van der Waals surface area contributed by atoms with Gasteiger partial charge in [0.25, 0.3) is 5.91 Å². The molecular formula is C17H24N2O3. The zero-order chi connectivity index (χ0) is 15.9. The topological polar surface area (TPSA) is 58.6 Å². The largest absolute Gasteiger partial charge is 0.376 e. The molecule has 1 heterocycles. The summed E-state index contributed by atoms with van der Waals surface area (Å²) >= 11 is 0. The molecule has 0 aliphatic carbocycles. The number of carbonyl (C=O) groups is 2. The molecule has 1 N–H and O–H groups in total. The lowest BCUT2D eigenvalue weighted by Crippen LogP contribution is -2.41. The number of nitrogens with zero attached hydrogens (tertiary/aromatic N) is 1. The van der Waals surface area contributed by atoms with Gasteiger partial charge >= 0.3 is 0 Å². The minimum absolute atomic E-state index is 0.0140. The lowest BCUT2D eigenvalue weighted by atomic mass is 10.1. The van der Waals surface area contributed by atoms with E-state index in [-0.39, 0.29) is 17.9 Å². The molecule has 1 atom stereocenters. The first-order chi connectivity index (χ1) is 10.6. The summed E-state index contributed by atoms with van der Waals surface area (Å²) in [5, 5.41) is 2.86. The molecule has 1 aliphatic heterocycles. The van der Waals surface area contributed by atoms with E-state index in [9.17, 15) is 9.59 Å². The van der Waals surface area contributed by atoms with Crippen LogP contribution in [0.15, 0.2) is 24.3 Å². The van der Waals surface area contributed by atoms with Gasteiger partial charge in [0, 0.05) is 38.7 Å². The maximum atomic E-state index is 12.0. The first kappa shape index (κ1) is 16.5. The lowest BCUT2D eigenvalue weighted by Gasteiger charge is -2.24. The molecule has 120 valence electrons. The van der Waals surface area contributed by atoms with Gasteiger partial charge in [-0.3, -0.25) is 9.59 Å². The van der Waals surface area contributed by atoms with Crippen molar-refractivity contribution in [3.05, 3.63) is 35.4 Å². The van der Waals surface area contributed by atoms with E-state index in [1.165, 1.54) is 0 Å². The summed E-state index contributed by atoms with van der Waals surface area (Å²) < 4.78 is 5.56. The van der Waals surface area contributed by atoms with Gasteiger partial charge in [0.05, 0.1) is 6.10 Å². The van der Waals surface area contributed by atoms with Gasteiger partial charge in [-0.2, -0.15) is 0 Å². The standard InChI is InChI=1S/C17H24N2O3/c1-13-5-7-15(8-6-13)17(21)18-9-10-19(14(2)20)12-16-4-3-11-22-16/h5-8,16H,3-4,9-12H2,1-2H3,(H,18,21). The summed E-state index contributed by atoms with van der Waals surface area (Å²) in [7, 11) is 0. The predicted molar refractivity (Wildman–Crippen MR) is 84.7 cm³/mol. The molecule has 1 aliphatic rings. The van der Waals surface area contributed by atoms with Crippen molar-refractivity contribution in [2.24, 2.45) is 0 Å². The van der Waals surface area contributed by atoms with Crippen LogP contribution in [0.25, 0.3) is 0 Å². The van der Waals surface area contributed by atoms with Crippen molar-refractivity contribution in [1.82, 2.24) is 10.2 Å². The Morgan fingerprint density at radius 3 is 2.64 bits per heavy atom. The number of carbonyl (C=O) groups excluding carboxylic acids is 2. The van der Waals surface area contributed by atoms with Crippen LogP contribution in [0.4, 0.5) is 0 Å². The second kappa shape index (κ2) is 7.94. The molecule has 0 saturated carbocycles. The molecule has 0 aromatic heterocycles. The number of hydrogen-bond donors (Lipinski definition) is 1. The Morgan fingerprint density at radius 2 is 2.05 bits per heavy atom. The van der Waals surface area contributed by atoms with Crippen LogP contribution in [0, 0.1) is 6.92 Å². The zero-order valence-electron chi connectivity index (χ0n) is 13.3. The van der Waals surface area contributed by atoms with Crippen molar-refractivity contribution < 1.29 is 14.3 Å². The van der Waals surface area contributed by atoms with Crippen LogP contribution >= 0.6 is 0 Å². The average Bonchev–Trinajstić information content (AvgIpc) is 2.99. The van der Waals surface area contributed by atoms with Crippen molar-refractivity contribution in [2.75, 3.05) is 26.2 Å². The molecule has 5 heteroatoms. The maximum absolute atomic E-state index is 12.0. The fourth-order valence-corrected chi connectivity index (χ4v) is 2.52. The van der Waals surface area contributed by atoms with Gasteiger partial charge in [-0.15, -0.1) is 0 Å². The Hall–Kier alpha value is -1.88. The van der Waals surface area contributed by atoms with Gasteiger partial charge < -0.3 is 15.0 Å². The van der Waals surface area contributed by atoms with Crippen molar-refractivity contribution in [3.8, 4) is 0 Å². The maximum Gasteiger partial charge on any atom is 0.251 e. The number of aryl methyl sites for hydroxylation is 1. The minimum Gasteiger partial charge on any atom is -0.376 e. The zero-order valence-corrected chi connectivity index (χ0v) is 13.3. The summed E-state index contributed by atoms with van der Waals surface area (Å²) in [6, 6.07) is 7.43. The van der Waals surface area contributed by atoms with Gasteiger partial charge in [-0.05, 0) is 31.9 Å². The highest BCUT2D eigenvalue weighted by atomic mass is 16.5. The normalized spacial score (nSPS) is 17.3. The SMILES string of the molecule is CC(=O)N(CCNC(=O)c1ccc(C)cc1)CC1CCCO1. The molecule has 1 aromatic carbocycles. The first-order valence-electron chi connectivity index (χ1n) is 7.78. The van der Waals surface area contributed by atoms with Gasteiger partial charge in [0.15, 0.2) is 0 Å². The highest BCUT2D eigenvalue weighted by Crippen LogP contribution is 2.13. The number of rotatable bonds is 6. The van der Waals surface area contributed by atoms with Gasteiger partial charge in [0.2, 0.25) is 5.91 Å². The molecule has 1 unspecified atom stereocenters. The third kappa shape index (κ3) is 4.84. The van der Waals surface area contributed by atoms with Crippen LogP contribution in [0.3, 0.4) is 0 Å². The molecule has 0 radical (unpaired) electrons. The smallest absolute Gasteiger partial charge is 0.251 e. The molecule has 22 heavy (non-hydrogen) atoms. The second-order valence-corrected chi connectivity index (χ2v) is 5.72. The van der Waals surface area contributed by atoms with Crippen LogP contribution in [0.5, 0.6) is 0 Å². The molecule has 0 bridgehead atoms. The summed E-state index contributed by atoms with van der Waals surface area (Å²) in [6.45, 7) is 5.87. The van der Waals surface area contributed by atoms with Crippen molar-refractivity contribution in [1.29, 1.82) is 0 Å². The molecular weight excluding hydrogens is 280 g/mol. The van der Waals surface area contributed by atoms with Gasteiger partial charge in [-0.25, -0.2) is 0 Å². The molecule has 1 aromatic rings. The number of ether oxygens (including phenoxy) is 1. The average molecular weight is 304 g/mol. The highest BCUT2D eigenvalue weighted by molar-refractivity contribution is 5.94. The van der Waals surface area contributed by atoms with Crippen LogP contribution in [-0.4, -0.2) is 49.1 Å². The molecule has 2 amide bonds. The molecule has 0 spiro atoms. The van der Waals surface area contributed by atoms with Crippen LogP contribution in [0.1, 0.15) is 35.7 Å². The van der Waals surface area contributed by atoms with E-state index < -0.39 is 0 Å². The van der Waals surface area contributed by atoms with Crippen molar-refractivity contribution in [3.63, 3.8) is 0 Å².